The Bertz CT molecular complexity index is 1370. The molecule has 10 nitrogen and oxygen atoms in total. The van der Waals surface area contributed by atoms with Gasteiger partial charge in [0.15, 0.2) is 21.2 Å². The number of aromatic amines is 1. The summed E-state index contributed by atoms with van der Waals surface area (Å²) in [4.78, 5) is 32.7. The summed E-state index contributed by atoms with van der Waals surface area (Å²) in [5, 5.41) is 3.81. The fraction of sp³-hybridized carbons (Fsp3) is 0.586. The lowest BCUT2D eigenvalue weighted by Crippen LogP contribution is -2.29. The average Bonchev–Trinajstić information content (AvgIpc) is 3.07. The van der Waals surface area contributed by atoms with Gasteiger partial charge in [0.05, 0.1) is 23.1 Å². The van der Waals surface area contributed by atoms with Crippen LogP contribution in [-0.4, -0.2) is 70.0 Å². The topological polar surface area (TPSA) is 127 Å². The molecule has 0 saturated heterocycles. The van der Waals surface area contributed by atoms with Crippen LogP contribution in [0.3, 0.4) is 0 Å². The summed E-state index contributed by atoms with van der Waals surface area (Å²) in [5.74, 6) is 1.70. The Morgan fingerprint density at radius 1 is 1.07 bits per heavy atom. The molecule has 2 aromatic rings. The van der Waals surface area contributed by atoms with Crippen molar-refractivity contribution in [1.29, 1.82) is 0 Å². The van der Waals surface area contributed by atoms with Crippen LogP contribution in [0, 0.1) is 6.92 Å². The number of H-pyrrole nitrogens is 1. The minimum atomic E-state index is -3.31. The standard InChI is InChI=1S/C19H24N4O4S.C7H15NO.C3H8/c1-5-7-16-20-12(3)17-19(24)21-18(22-23(16)17)14-10-8-13(28(4,25)26)9-11-15(14)27-6-2;1-4-7(9)8(5-2)6-3;1-3-2/h8-11,13H,5-7H2,1-4H3,(H,21,22,24);4-6H2,1-3H3;3H2,1-2H3. The number of fused-ring (bicyclic) bond motifs is 1. The molecule has 1 aliphatic rings. The van der Waals surface area contributed by atoms with E-state index < -0.39 is 15.1 Å². The van der Waals surface area contributed by atoms with Crippen LogP contribution in [0.25, 0.3) is 11.1 Å². The molecule has 2 heterocycles. The molecule has 0 fully saturated rings. The molecule has 0 aromatic carbocycles. The zero-order valence-corrected chi connectivity index (χ0v) is 26.4. The van der Waals surface area contributed by atoms with Gasteiger partial charge in [-0.15, -0.1) is 5.10 Å². The Balaban J connectivity index is 0.000000562. The van der Waals surface area contributed by atoms with Gasteiger partial charge >= 0.3 is 0 Å². The monoisotopic (exact) mass is 577 g/mol. The van der Waals surface area contributed by atoms with Gasteiger partial charge in [0.25, 0.3) is 5.56 Å². The van der Waals surface area contributed by atoms with Gasteiger partial charge in [-0.3, -0.25) is 9.59 Å². The van der Waals surface area contributed by atoms with E-state index in [2.05, 4.69) is 28.9 Å². The molecule has 0 spiro atoms. The number of nitrogens with one attached hydrogen (secondary N) is 1. The highest BCUT2D eigenvalue weighted by Crippen LogP contribution is 2.24. The van der Waals surface area contributed by atoms with Gasteiger partial charge in [0, 0.05) is 32.2 Å². The van der Waals surface area contributed by atoms with Gasteiger partial charge in [-0.1, -0.05) is 46.3 Å². The van der Waals surface area contributed by atoms with Crippen LogP contribution < -0.4 is 5.56 Å². The number of hydrogen-bond donors (Lipinski definition) is 1. The van der Waals surface area contributed by atoms with E-state index in [1.54, 1.807) is 35.7 Å². The number of rotatable bonds is 9. The third-order valence-corrected chi connectivity index (χ3v) is 7.14. The molecule has 0 aliphatic heterocycles. The van der Waals surface area contributed by atoms with Crippen molar-refractivity contribution in [1.82, 2.24) is 24.5 Å². The quantitative estimate of drug-likeness (QED) is 0.460. The molecule has 0 bridgehead atoms. The number of imidazole rings is 1. The van der Waals surface area contributed by atoms with Crippen LogP contribution in [0.5, 0.6) is 0 Å². The van der Waals surface area contributed by atoms with Crippen LogP contribution >= 0.6 is 0 Å². The maximum absolute atomic E-state index is 12.7. The third-order valence-electron chi connectivity index (χ3n) is 5.84. The molecule has 2 aromatic heterocycles. The largest absolute Gasteiger partial charge is 0.493 e. The van der Waals surface area contributed by atoms with E-state index in [0.717, 1.165) is 19.5 Å². The van der Waals surface area contributed by atoms with Crippen molar-refractivity contribution < 1.29 is 17.9 Å². The average molecular weight is 578 g/mol. The first-order valence-electron chi connectivity index (χ1n) is 14.1. The Hall–Kier alpha value is -3.21. The van der Waals surface area contributed by atoms with Gasteiger partial charge in [-0.2, -0.15) is 0 Å². The van der Waals surface area contributed by atoms with Crippen LogP contribution in [-0.2, 0) is 25.8 Å². The van der Waals surface area contributed by atoms with Gasteiger partial charge in [-0.05, 0) is 46.3 Å². The molecule has 0 radical (unpaired) electrons. The van der Waals surface area contributed by atoms with Gasteiger partial charge in [-0.25, -0.2) is 17.9 Å². The maximum atomic E-state index is 12.7. The van der Waals surface area contributed by atoms with Gasteiger partial charge in [0.1, 0.15) is 11.6 Å². The smallest absolute Gasteiger partial charge is 0.277 e. The van der Waals surface area contributed by atoms with Crippen molar-refractivity contribution in [3.8, 4) is 0 Å². The van der Waals surface area contributed by atoms with Crippen LogP contribution in [0.4, 0.5) is 0 Å². The molecule has 224 valence electrons. The summed E-state index contributed by atoms with van der Waals surface area (Å²) in [7, 11) is -3.31. The molecular weight excluding hydrogens is 530 g/mol. The van der Waals surface area contributed by atoms with Crippen LogP contribution in [0.2, 0.25) is 0 Å². The number of ether oxygens (including phenoxy) is 1. The Labute approximate surface area is 239 Å². The van der Waals surface area contributed by atoms with Gasteiger partial charge < -0.3 is 14.6 Å². The van der Waals surface area contributed by atoms with Crippen molar-refractivity contribution in [3.63, 3.8) is 0 Å². The summed E-state index contributed by atoms with van der Waals surface area (Å²) in [5.41, 5.74) is 1.24. The molecule has 1 aliphatic carbocycles. The summed E-state index contributed by atoms with van der Waals surface area (Å²) in [6.45, 7) is 17.8. The van der Waals surface area contributed by atoms with Crippen molar-refractivity contribution in [2.45, 2.75) is 86.3 Å². The second kappa shape index (κ2) is 16.8. The summed E-state index contributed by atoms with van der Waals surface area (Å²) < 4.78 is 31.1. The first-order chi connectivity index (χ1) is 18.9. The lowest BCUT2D eigenvalue weighted by atomic mass is 10.2. The van der Waals surface area contributed by atoms with Crippen molar-refractivity contribution in [2.75, 3.05) is 26.0 Å². The number of sulfone groups is 1. The maximum Gasteiger partial charge on any atom is 0.277 e. The number of carbonyl (C=O) groups is 1. The zero-order valence-electron chi connectivity index (χ0n) is 25.6. The van der Waals surface area contributed by atoms with E-state index in [1.807, 2.05) is 39.5 Å². The number of aryl methyl sites for hydroxylation is 2. The first-order valence-corrected chi connectivity index (χ1v) is 16.1. The third kappa shape index (κ3) is 9.46. The number of amides is 1. The molecule has 1 N–H and O–H groups in total. The Kier molecular flexibility index (Phi) is 14.6. The number of carbonyl (C=O) groups excluding carboxylic acids is 1. The predicted octanol–water partition coefficient (Wildman–Crippen LogP) is 4.65. The van der Waals surface area contributed by atoms with Crippen molar-refractivity contribution >= 4 is 26.8 Å². The first kappa shape index (κ1) is 34.8. The van der Waals surface area contributed by atoms with Gasteiger partial charge in [0.2, 0.25) is 5.91 Å². The Morgan fingerprint density at radius 2 is 1.68 bits per heavy atom. The highest BCUT2D eigenvalue weighted by atomic mass is 32.2. The fourth-order valence-electron chi connectivity index (χ4n) is 3.91. The molecule has 1 amide bonds. The lowest BCUT2D eigenvalue weighted by Gasteiger charge is -2.16. The number of aromatic nitrogens is 4. The minimum absolute atomic E-state index is 0.250. The minimum Gasteiger partial charge on any atom is -0.493 e. The Morgan fingerprint density at radius 3 is 2.15 bits per heavy atom. The molecule has 1 atom stereocenters. The predicted molar refractivity (Wildman–Crippen MR) is 162 cm³/mol. The molecule has 3 rings (SSSR count). The second-order valence-electron chi connectivity index (χ2n) is 9.28. The van der Waals surface area contributed by atoms with E-state index in [9.17, 15) is 18.0 Å². The normalized spacial score (nSPS) is 14.7. The zero-order chi connectivity index (χ0) is 30.5. The SMILES string of the molecule is CCC.CCC(=O)N(CC)CC.CCCc1nc(C)c2c(=O)[nH]c(C3=C(OCC)C=CC(S(C)(=O)=O)C=C3)nn12. The summed E-state index contributed by atoms with van der Waals surface area (Å²) in [6.07, 6.45) is 11.0. The van der Waals surface area contributed by atoms with E-state index in [4.69, 9.17) is 4.74 Å². The molecule has 11 heteroatoms. The van der Waals surface area contributed by atoms with Crippen molar-refractivity contribution in [3.05, 3.63) is 57.8 Å². The summed E-state index contributed by atoms with van der Waals surface area (Å²) in [6, 6.07) is 0. The number of hydrogen-bond acceptors (Lipinski definition) is 7. The second-order valence-corrected chi connectivity index (χ2v) is 11.5. The van der Waals surface area contributed by atoms with Crippen LogP contribution in [0.15, 0.2) is 34.9 Å². The van der Waals surface area contributed by atoms with E-state index in [0.29, 0.717) is 53.6 Å². The summed E-state index contributed by atoms with van der Waals surface area (Å²) >= 11 is 0. The number of nitrogens with zero attached hydrogens (tertiary/aromatic N) is 4. The number of allylic oxidation sites excluding steroid dienone is 3. The van der Waals surface area contributed by atoms with Crippen molar-refractivity contribution in [2.24, 2.45) is 0 Å². The van der Waals surface area contributed by atoms with E-state index >= 15 is 0 Å². The highest BCUT2D eigenvalue weighted by molar-refractivity contribution is 7.91. The van der Waals surface area contributed by atoms with E-state index in [-0.39, 0.29) is 11.5 Å². The van der Waals surface area contributed by atoms with E-state index in [1.165, 1.54) is 12.7 Å². The molecular formula is C29H47N5O5S. The van der Waals surface area contributed by atoms with Crippen LogP contribution in [0.1, 0.15) is 85.1 Å². The fourth-order valence-corrected chi connectivity index (χ4v) is 4.64. The molecule has 40 heavy (non-hydrogen) atoms. The molecule has 1 unspecified atom stereocenters. The highest BCUT2D eigenvalue weighted by Gasteiger charge is 2.21. The lowest BCUT2D eigenvalue weighted by molar-refractivity contribution is -0.130. The molecule has 0 saturated carbocycles.